The van der Waals surface area contributed by atoms with Gasteiger partial charge < -0.3 is 9.73 Å². The highest BCUT2D eigenvalue weighted by Crippen LogP contribution is 2.22. The van der Waals surface area contributed by atoms with Crippen LogP contribution >= 0.6 is 15.9 Å². The Morgan fingerprint density at radius 1 is 1.19 bits per heavy atom. The highest BCUT2D eigenvalue weighted by Gasteiger charge is 2.18. The number of hydrogen-bond donors (Lipinski definition) is 1. The Bertz CT molecular complexity index is 941. The van der Waals surface area contributed by atoms with Crippen LogP contribution in [0.1, 0.15) is 58.2 Å². The number of nitrogens with zero attached hydrogens (tertiary/aromatic N) is 2. The zero-order valence-electron chi connectivity index (χ0n) is 16.0. The summed E-state index contributed by atoms with van der Waals surface area (Å²) in [6.07, 6.45) is 0.808. The van der Waals surface area contributed by atoms with Crippen LogP contribution in [0.2, 0.25) is 0 Å². The molecule has 0 spiro atoms. The van der Waals surface area contributed by atoms with Crippen molar-refractivity contribution in [1.82, 2.24) is 15.1 Å². The van der Waals surface area contributed by atoms with E-state index in [0.29, 0.717) is 18.1 Å². The van der Waals surface area contributed by atoms with E-state index in [-0.39, 0.29) is 11.9 Å². The van der Waals surface area contributed by atoms with Gasteiger partial charge in [0.25, 0.3) is 5.91 Å². The van der Waals surface area contributed by atoms with Gasteiger partial charge in [0.1, 0.15) is 5.76 Å². The monoisotopic (exact) mass is 429 g/mol. The number of nitrogens with one attached hydrogen (secondary N) is 1. The molecule has 1 N–H and O–H groups in total. The lowest BCUT2D eigenvalue weighted by Gasteiger charge is -2.17. The van der Waals surface area contributed by atoms with Crippen molar-refractivity contribution >= 4 is 21.8 Å². The third kappa shape index (κ3) is 4.33. The number of rotatable bonds is 6. The van der Waals surface area contributed by atoms with Crippen LogP contribution < -0.4 is 5.32 Å². The first-order valence-electron chi connectivity index (χ1n) is 9.04. The van der Waals surface area contributed by atoms with Crippen LogP contribution in [0.5, 0.6) is 0 Å². The molecule has 0 saturated heterocycles. The molecule has 2 aromatic heterocycles. The number of carbonyl (C=O) groups excluding carboxylic acids is 1. The van der Waals surface area contributed by atoms with Crippen molar-refractivity contribution in [2.45, 2.75) is 46.7 Å². The summed E-state index contributed by atoms with van der Waals surface area (Å²) in [7, 11) is 0. The zero-order valence-corrected chi connectivity index (χ0v) is 17.6. The molecule has 1 atom stereocenters. The van der Waals surface area contributed by atoms with Gasteiger partial charge in [0.05, 0.1) is 28.4 Å². The molecule has 27 heavy (non-hydrogen) atoms. The Hall–Kier alpha value is -2.34. The van der Waals surface area contributed by atoms with Crippen molar-refractivity contribution < 1.29 is 9.21 Å². The molecule has 2 heterocycles. The summed E-state index contributed by atoms with van der Waals surface area (Å²) in [4.78, 5) is 12.6. The van der Waals surface area contributed by atoms with Crippen molar-refractivity contribution in [3.8, 4) is 0 Å². The number of halogens is 1. The van der Waals surface area contributed by atoms with Crippen LogP contribution in [0, 0.1) is 20.8 Å². The van der Waals surface area contributed by atoms with Gasteiger partial charge in [-0.05, 0) is 60.8 Å². The molecule has 5 nitrogen and oxygen atoms in total. The van der Waals surface area contributed by atoms with Crippen LogP contribution in [0.4, 0.5) is 0 Å². The molecule has 3 aromatic rings. The van der Waals surface area contributed by atoms with E-state index < -0.39 is 0 Å². The first-order chi connectivity index (χ1) is 12.9. The third-order valence-corrected chi connectivity index (χ3v) is 5.83. The lowest BCUT2D eigenvalue weighted by atomic mass is 10.0. The molecule has 0 aliphatic rings. The SMILES string of the molecule is CCC(NC(=O)c1ccc(Cn2nc(C)c(Br)c2C)o1)c1ccc(C)cc1. The fourth-order valence-electron chi connectivity index (χ4n) is 3.01. The minimum Gasteiger partial charge on any atom is -0.454 e. The molecule has 6 heteroatoms. The highest BCUT2D eigenvalue weighted by molar-refractivity contribution is 9.10. The maximum atomic E-state index is 12.6. The molecule has 0 fully saturated rings. The van der Waals surface area contributed by atoms with Crippen LogP contribution in [-0.2, 0) is 6.54 Å². The number of amides is 1. The van der Waals surface area contributed by atoms with E-state index in [9.17, 15) is 4.79 Å². The Kier molecular flexibility index (Phi) is 5.85. The molecule has 1 unspecified atom stereocenters. The molecule has 142 valence electrons. The maximum Gasteiger partial charge on any atom is 0.287 e. The molecule has 0 radical (unpaired) electrons. The van der Waals surface area contributed by atoms with Crippen molar-refractivity contribution in [2.24, 2.45) is 0 Å². The standard InChI is InChI=1S/C21H24BrN3O2/c1-5-18(16-8-6-13(2)7-9-16)23-21(26)19-11-10-17(27-19)12-25-15(4)20(22)14(3)24-25/h6-11,18H,5,12H2,1-4H3,(H,23,26). The van der Waals surface area contributed by atoms with E-state index in [1.54, 1.807) is 6.07 Å². The third-order valence-electron chi connectivity index (χ3n) is 4.68. The molecular formula is C21H24BrN3O2. The minimum atomic E-state index is -0.205. The Balaban J connectivity index is 1.70. The maximum absolute atomic E-state index is 12.6. The molecule has 0 aliphatic heterocycles. The van der Waals surface area contributed by atoms with Crippen LogP contribution in [0.3, 0.4) is 0 Å². The van der Waals surface area contributed by atoms with Crippen LogP contribution in [0.25, 0.3) is 0 Å². The van der Waals surface area contributed by atoms with Crippen molar-refractivity contribution in [3.63, 3.8) is 0 Å². The van der Waals surface area contributed by atoms with E-state index in [1.807, 2.05) is 24.6 Å². The highest BCUT2D eigenvalue weighted by atomic mass is 79.9. The molecule has 1 amide bonds. The number of hydrogen-bond acceptors (Lipinski definition) is 3. The second kappa shape index (κ2) is 8.13. The summed E-state index contributed by atoms with van der Waals surface area (Å²) in [5, 5.41) is 7.53. The Labute approximate surface area is 167 Å². The van der Waals surface area contributed by atoms with E-state index in [2.05, 4.69) is 64.5 Å². The normalized spacial score (nSPS) is 12.2. The summed E-state index contributed by atoms with van der Waals surface area (Å²) in [5.41, 5.74) is 4.25. The summed E-state index contributed by atoms with van der Waals surface area (Å²) in [5.74, 6) is 0.806. The predicted octanol–water partition coefficient (Wildman–Crippen LogP) is 5.09. The van der Waals surface area contributed by atoms with E-state index >= 15 is 0 Å². The second-order valence-electron chi connectivity index (χ2n) is 6.75. The van der Waals surface area contributed by atoms with Gasteiger partial charge in [0.2, 0.25) is 0 Å². The number of aromatic nitrogens is 2. The molecule has 1 aromatic carbocycles. The van der Waals surface area contributed by atoms with Gasteiger partial charge in [-0.1, -0.05) is 36.8 Å². The van der Waals surface area contributed by atoms with Gasteiger partial charge >= 0.3 is 0 Å². The Morgan fingerprint density at radius 3 is 2.48 bits per heavy atom. The molecule has 3 rings (SSSR count). The second-order valence-corrected chi connectivity index (χ2v) is 7.55. The molecular weight excluding hydrogens is 406 g/mol. The quantitative estimate of drug-likeness (QED) is 0.593. The van der Waals surface area contributed by atoms with Gasteiger partial charge in [0, 0.05) is 0 Å². The summed E-state index contributed by atoms with van der Waals surface area (Å²) in [6, 6.07) is 11.7. The molecule has 0 bridgehead atoms. The number of benzene rings is 1. The minimum absolute atomic E-state index is 0.0429. The van der Waals surface area contributed by atoms with Crippen LogP contribution in [-0.4, -0.2) is 15.7 Å². The number of carbonyl (C=O) groups is 1. The lowest BCUT2D eigenvalue weighted by molar-refractivity contribution is 0.0905. The van der Waals surface area contributed by atoms with Gasteiger partial charge in [-0.3, -0.25) is 9.48 Å². The Morgan fingerprint density at radius 2 is 1.89 bits per heavy atom. The summed E-state index contributed by atoms with van der Waals surface area (Å²) >= 11 is 3.53. The largest absolute Gasteiger partial charge is 0.454 e. The summed E-state index contributed by atoms with van der Waals surface area (Å²) < 4.78 is 8.62. The summed E-state index contributed by atoms with van der Waals surface area (Å²) in [6.45, 7) is 8.54. The first-order valence-corrected chi connectivity index (χ1v) is 9.84. The van der Waals surface area contributed by atoms with Crippen molar-refractivity contribution in [3.05, 3.63) is 74.9 Å². The van der Waals surface area contributed by atoms with Gasteiger partial charge in [0.15, 0.2) is 5.76 Å². The van der Waals surface area contributed by atoms with Crippen molar-refractivity contribution in [2.75, 3.05) is 0 Å². The van der Waals surface area contributed by atoms with Crippen LogP contribution in [0.15, 0.2) is 45.3 Å². The van der Waals surface area contributed by atoms with Gasteiger partial charge in [-0.25, -0.2) is 0 Å². The fraction of sp³-hybridized carbons (Fsp3) is 0.333. The number of aryl methyl sites for hydroxylation is 2. The first kappa shape index (κ1) is 19.4. The average Bonchev–Trinajstić information content (AvgIpc) is 3.22. The molecule has 0 aliphatic carbocycles. The fourth-order valence-corrected chi connectivity index (χ4v) is 3.29. The van der Waals surface area contributed by atoms with Gasteiger partial charge in [-0.15, -0.1) is 0 Å². The average molecular weight is 430 g/mol. The smallest absolute Gasteiger partial charge is 0.287 e. The lowest BCUT2D eigenvalue weighted by Crippen LogP contribution is -2.27. The van der Waals surface area contributed by atoms with E-state index in [1.165, 1.54) is 5.56 Å². The zero-order chi connectivity index (χ0) is 19.6. The number of furan rings is 1. The predicted molar refractivity (Wildman–Crippen MR) is 109 cm³/mol. The van der Waals surface area contributed by atoms with E-state index in [0.717, 1.165) is 27.8 Å². The van der Waals surface area contributed by atoms with Gasteiger partial charge in [-0.2, -0.15) is 5.10 Å². The molecule has 0 saturated carbocycles. The van der Waals surface area contributed by atoms with E-state index in [4.69, 9.17) is 4.42 Å². The topological polar surface area (TPSA) is 60.1 Å². The van der Waals surface area contributed by atoms with Crippen molar-refractivity contribution in [1.29, 1.82) is 0 Å².